The highest BCUT2D eigenvalue weighted by Gasteiger charge is 2.18. The third kappa shape index (κ3) is 3.79. The molecule has 0 saturated heterocycles. The molecule has 0 spiro atoms. The fourth-order valence-electron chi connectivity index (χ4n) is 2.76. The number of benzene rings is 1. The molecule has 4 rings (SSSR count). The number of nitro groups is 1. The molecule has 28 heavy (non-hydrogen) atoms. The summed E-state index contributed by atoms with van der Waals surface area (Å²) >= 11 is 1.39. The van der Waals surface area contributed by atoms with Crippen LogP contribution >= 0.6 is 11.8 Å². The Balaban J connectivity index is 1.65. The van der Waals surface area contributed by atoms with Crippen molar-refractivity contribution < 1.29 is 9.34 Å². The Morgan fingerprint density at radius 1 is 1.11 bits per heavy atom. The van der Waals surface area contributed by atoms with Gasteiger partial charge in [0, 0.05) is 35.3 Å². The molecule has 1 aromatic carbocycles. The quantitative estimate of drug-likeness (QED) is 0.264. The van der Waals surface area contributed by atoms with Gasteiger partial charge in [-0.05, 0) is 24.3 Å². The number of furan rings is 1. The molecule has 0 radical (unpaired) electrons. The molecule has 9 heteroatoms. The summed E-state index contributed by atoms with van der Waals surface area (Å²) in [6, 6.07) is 14.1. The first kappa shape index (κ1) is 17.9. The fraction of sp³-hybridized carbons (Fsp3) is 0.105. The van der Waals surface area contributed by atoms with Gasteiger partial charge in [-0.15, -0.1) is 10.2 Å². The number of aromatic nitrogens is 4. The largest absolute Gasteiger partial charge is 0.467 e. The van der Waals surface area contributed by atoms with Crippen LogP contribution in [-0.2, 0) is 12.3 Å². The van der Waals surface area contributed by atoms with Crippen LogP contribution in [0.2, 0.25) is 0 Å². The van der Waals surface area contributed by atoms with Crippen LogP contribution in [0.5, 0.6) is 0 Å². The first-order valence-corrected chi connectivity index (χ1v) is 9.42. The van der Waals surface area contributed by atoms with Crippen LogP contribution < -0.4 is 0 Å². The zero-order valence-corrected chi connectivity index (χ0v) is 15.5. The molecule has 0 N–H and O–H groups in total. The van der Waals surface area contributed by atoms with Crippen molar-refractivity contribution in [3.63, 3.8) is 0 Å². The fourth-order valence-corrected chi connectivity index (χ4v) is 3.69. The van der Waals surface area contributed by atoms with E-state index in [1.165, 1.54) is 17.8 Å². The number of hydrogen-bond acceptors (Lipinski definition) is 7. The molecule has 0 bridgehead atoms. The SMILES string of the molecule is O=[N+]([O-])c1ccccc1CSc1nnc(-c2cccnc2)n1Cc1ccco1. The van der Waals surface area contributed by atoms with Crippen LogP contribution in [0.4, 0.5) is 5.69 Å². The highest BCUT2D eigenvalue weighted by atomic mass is 32.2. The summed E-state index contributed by atoms with van der Waals surface area (Å²) < 4.78 is 7.40. The molecule has 0 aliphatic carbocycles. The predicted molar refractivity (Wildman–Crippen MR) is 104 cm³/mol. The van der Waals surface area contributed by atoms with E-state index in [0.29, 0.717) is 28.8 Å². The van der Waals surface area contributed by atoms with Crippen molar-refractivity contribution in [3.8, 4) is 11.4 Å². The second-order valence-electron chi connectivity index (χ2n) is 5.89. The third-order valence-corrected chi connectivity index (χ3v) is 5.09. The molecule has 0 aliphatic rings. The summed E-state index contributed by atoms with van der Waals surface area (Å²) in [7, 11) is 0. The smallest absolute Gasteiger partial charge is 0.273 e. The van der Waals surface area contributed by atoms with Crippen molar-refractivity contribution in [2.24, 2.45) is 0 Å². The lowest BCUT2D eigenvalue weighted by Gasteiger charge is -2.09. The number of nitro benzene ring substituents is 1. The highest BCUT2D eigenvalue weighted by molar-refractivity contribution is 7.98. The topological polar surface area (TPSA) is 99.9 Å². The summed E-state index contributed by atoms with van der Waals surface area (Å²) in [5, 5.41) is 20.5. The Bertz CT molecular complexity index is 1080. The lowest BCUT2D eigenvalue weighted by Crippen LogP contribution is -2.04. The minimum Gasteiger partial charge on any atom is -0.467 e. The molecule has 0 fully saturated rings. The lowest BCUT2D eigenvalue weighted by molar-refractivity contribution is -0.385. The third-order valence-electron chi connectivity index (χ3n) is 4.08. The van der Waals surface area contributed by atoms with Gasteiger partial charge in [0.25, 0.3) is 5.69 Å². The Labute approximate surface area is 164 Å². The average molecular weight is 393 g/mol. The van der Waals surface area contributed by atoms with Crippen molar-refractivity contribution in [2.45, 2.75) is 17.5 Å². The molecule has 0 unspecified atom stereocenters. The minimum absolute atomic E-state index is 0.0968. The van der Waals surface area contributed by atoms with E-state index < -0.39 is 0 Å². The van der Waals surface area contributed by atoms with E-state index in [4.69, 9.17) is 4.42 Å². The molecular formula is C19H15N5O3S. The van der Waals surface area contributed by atoms with Crippen molar-refractivity contribution in [1.29, 1.82) is 0 Å². The summed E-state index contributed by atoms with van der Waals surface area (Å²) in [6.45, 7) is 0.448. The minimum atomic E-state index is -0.371. The molecule has 4 aromatic rings. The summed E-state index contributed by atoms with van der Waals surface area (Å²) in [6.07, 6.45) is 5.03. The molecular weight excluding hydrogens is 378 g/mol. The van der Waals surface area contributed by atoms with E-state index in [2.05, 4.69) is 15.2 Å². The molecule has 8 nitrogen and oxygen atoms in total. The van der Waals surface area contributed by atoms with Gasteiger partial charge in [0.1, 0.15) is 5.76 Å². The monoisotopic (exact) mass is 393 g/mol. The Kier molecular flexibility index (Phi) is 5.16. The van der Waals surface area contributed by atoms with E-state index in [-0.39, 0.29) is 10.6 Å². The van der Waals surface area contributed by atoms with Crippen molar-refractivity contribution in [3.05, 3.63) is 88.6 Å². The Hall–Kier alpha value is -3.46. The van der Waals surface area contributed by atoms with Gasteiger partial charge >= 0.3 is 0 Å². The first-order valence-electron chi connectivity index (χ1n) is 8.43. The zero-order chi connectivity index (χ0) is 19.3. The molecule has 140 valence electrons. The summed E-state index contributed by atoms with van der Waals surface area (Å²) in [5.41, 5.74) is 1.56. The molecule has 0 saturated carbocycles. The maximum Gasteiger partial charge on any atom is 0.273 e. The van der Waals surface area contributed by atoms with Gasteiger partial charge < -0.3 is 4.42 Å². The number of rotatable bonds is 7. The van der Waals surface area contributed by atoms with E-state index in [0.717, 1.165) is 11.3 Å². The summed E-state index contributed by atoms with van der Waals surface area (Å²) in [5.74, 6) is 1.83. The standard InChI is InChI=1S/C19H15N5O3S/c25-24(26)17-8-2-1-5-15(17)13-28-19-22-21-18(14-6-3-9-20-11-14)23(19)12-16-7-4-10-27-16/h1-11H,12-13H2. The van der Waals surface area contributed by atoms with Crippen LogP contribution in [0.25, 0.3) is 11.4 Å². The van der Waals surface area contributed by atoms with Gasteiger partial charge in [-0.1, -0.05) is 30.0 Å². The van der Waals surface area contributed by atoms with Gasteiger partial charge in [-0.2, -0.15) is 0 Å². The zero-order valence-electron chi connectivity index (χ0n) is 14.6. The highest BCUT2D eigenvalue weighted by Crippen LogP contribution is 2.30. The maximum atomic E-state index is 11.2. The normalized spacial score (nSPS) is 10.9. The van der Waals surface area contributed by atoms with Crippen molar-refractivity contribution in [2.75, 3.05) is 0 Å². The van der Waals surface area contributed by atoms with Crippen LogP contribution in [0.3, 0.4) is 0 Å². The second-order valence-corrected chi connectivity index (χ2v) is 6.83. The van der Waals surface area contributed by atoms with E-state index >= 15 is 0 Å². The first-order chi connectivity index (χ1) is 13.7. The van der Waals surface area contributed by atoms with Gasteiger partial charge in [-0.25, -0.2) is 0 Å². The Morgan fingerprint density at radius 2 is 2.00 bits per heavy atom. The molecule has 0 amide bonds. The van der Waals surface area contributed by atoms with Crippen LogP contribution in [0, 0.1) is 10.1 Å². The molecule has 3 heterocycles. The second kappa shape index (κ2) is 8.05. The number of thioether (sulfide) groups is 1. The van der Waals surface area contributed by atoms with Gasteiger partial charge in [0.15, 0.2) is 11.0 Å². The molecule has 3 aromatic heterocycles. The van der Waals surface area contributed by atoms with E-state index in [1.54, 1.807) is 36.9 Å². The van der Waals surface area contributed by atoms with Gasteiger partial charge in [0.05, 0.1) is 17.7 Å². The molecule has 0 aliphatic heterocycles. The number of para-hydroxylation sites is 1. The van der Waals surface area contributed by atoms with Crippen LogP contribution in [-0.4, -0.2) is 24.7 Å². The number of pyridine rings is 1. The number of nitrogens with zero attached hydrogens (tertiary/aromatic N) is 5. The average Bonchev–Trinajstić information content (AvgIpc) is 3.38. The maximum absolute atomic E-state index is 11.2. The summed E-state index contributed by atoms with van der Waals surface area (Å²) in [4.78, 5) is 15.0. The van der Waals surface area contributed by atoms with Crippen molar-refractivity contribution >= 4 is 17.4 Å². The lowest BCUT2D eigenvalue weighted by atomic mass is 10.2. The molecule has 0 atom stereocenters. The Morgan fingerprint density at radius 3 is 2.75 bits per heavy atom. The van der Waals surface area contributed by atoms with Gasteiger partial charge in [-0.3, -0.25) is 19.7 Å². The predicted octanol–water partition coefficient (Wildman–Crippen LogP) is 4.18. The van der Waals surface area contributed by atoms with Gasteiger partial charge in [0.2, 0.25) is 0 Å². The van der Waals surface area contributed by atoms with Crippen molar-refractivity contribution in [1.82, 2.24) is 19.7 Å². The van der Waals surface area contributed by atoms with Crippen LogP contribution in [0.15, 0.2) is 76.8 Å². The van der Waals surface area contributed by atoms with E-state index in [1.807, 2.05) is 28.8 Å². The number of hydrogen-bond donors (Lipinski definition) is 0. The van der Waals surface area contributed by atoms with Crippen LogP contribution in [0.1, 0.15) is 11.3 Å². The van der Waals surface area contributed by atoms with E-state index in [9.17, 15) is 10.1 Å².